The fourth-order valence-corrected chi connectivity index (χ4v) is 7.37. The fourth-order valence-electron chi connectivity index (χ4n) is 7.37. The number of hydrogen-bond acceptors (Lipinski definition) is 9. The fraction of sp³-hybridized carbons (Fsp3) is 0.694. The predicted octanol–water partition coefficient (Wildman–Crippen LogP) is 4.16. The molecular weight excluding hydrogens is 608 g/mol. The highest BCUT2D eigenvalue weighted by molar-refractivity contribution is 6.03. The van der Waals surface area contributed by atoms with Crippen molar-refractivity contribution in [2.24, 2.45) is 11.3 Å². The van der Waals surface area contributed by atoms with Crippen molar-refractivity contribution in [2.75, 3.05) is 44.4 Å². The van der Waals surface area contributed by atoms with Crippen molar-refractivity contribution in [3.63, 3.8) is 0 Å². The number of amides is 3. The molecule has 1 saturated carbocycles. The Balaban J connectivity index is 1.29. The van der Waals surface area contributed by atoms with Gasteiger partial charge < -0.3 is 35.8 Å². The molecule has 3 amide bonds. The van der Waals surface area contributed by atoms with Crippen LogP contribution in [0.15, 0.2) is 18.5 Å². The number of benzene rings is 1. The van der Waals surface area contributed by atoms with Gasteiger partial charge in [-0.2, -0.15) is 0 Å². The van der Waals surface area contributed by atoms with Gasteiger partial charge in [-0.25, -0.2) is 9.97 Å². The molecule has 3 unspecified atom stereocenters. The zero-order chi connectivity index (χ0) is 34.6. The van der Waals surface area contributed by atoms with Crippen LogP contribution in [0.1, 0.15) is 86.0 Å². The smallest absolute Gasteiger partial charge is 0.247 e. The van der Waals surface area contributed by atoms with Crippen LogP contribution >= 0.6 is 0 Å². The Morgan fingerprint density at radius 3 is 2.33 bits per heavy atom. The van der Waals surface area contributed by atoms with Crippen LogP contribution in [0.5, 0.6) is 5.75 Å². The van der Waals surface area contributed by atoms with Crippen LogP contribution in [-0.2, 0) is 14.4 Å². The van der Waals surface area contributed by atoms with Crippen LogP contribution in [-0.4, -0.2) is 101 Å². The number of methoxy groups -OCH3 is 1. The molecule has 0 radical (unpaired) electrons. The number of carbonyl (C=O) groups excluding carboxylic acids is 3. The standard InChI is InChI=1S/C36H56N8O4/c1-22-14-17-43(18-15-22)25-12-10-24(11-13-25)40-32-26-19-28(30(48-7)20-27(26)38-21-39-32)41-34(46)29-9-8-16-44(29)35(47)31(36(3,4)5)42-33(45)23(2)37-6/h19-25,29,31,37H,8-18H2,1-7H3,(H,41,46)(H,42,45)(H,38,39,40). The van der Waals surface area contributed by atoms with E-state index in [0.29, 0.717) is 42.9 Å². The minimum Gasteiger partial charge on any atom is -0.494 e. The van der Waals surface area contributed by atoms with E-state index >= 15 is 0 Å². The van der Waals surface area contributed by atoms with Gasteiger partial charge in [0.15, 0.2) is 0 Å². The highest BCUT2D eigenvalue weighted by atomic mass is 16.5. The summed E-state index contributed by atoms with van der Waals surface area (Å²) in [6, 6.07) is 2.75. The number of carbonyl (C=O) groups is 3. The van der Waals surface area contributed by atoms with E-state index in [-0.39, 0.29) is 17.7 Å². The molecular formula is C36H56N8O4. The van der Waals surface area contributed by atoms with Crippen molar-refractivity contribution in [3.05, 3.63) is 18.5 Å². The van der Waals surface area contributed by atoms with Crippen molar-refractivity contribution in [1.82, 2.24) is 30.4 Å². The Kier molecular flexibility index (Phi) is 11.5. The van der Waals surface area contributed by atoms with Crippen LogP contribution in [0.25, 0.3) is 10.9 Å². The van der Waals surface area contributed by atoms with Crippen molar-refractivity contribution < 1.29 is 19.1 Å². The molecule has 12 nitrogen and oxygen atoms in total. The molecule has 1 aromatic heterocycles. The van der Waals surface area contributed by atoms with Gasteiger partial charge in [0.05, 0.1) is 24.4 Å². The molecule has 0 bridgehead atoms. The summed E-state index contributed by atoms with van der Waals surface area (Å²) in [4.78, 5) is 54.0. The average molecular weight is 665 g/mol. The molecule has 2 saturated heterocycles. The second kappa shape index (κ2) is 15.4. The quantitative estimate of drug-likeness (QED) is 0.295. The summed E-state index contributed by atoms with van der Waals surface area (Å²) in [5, 5.41) is 13.4. The van der Waals surface area contributed by atoms with Crippen LogP contribution in [0, 0.1) is 11.3 Å². The van der Waals surface area contributed by atoms with Crippen LogP contribution in [0.3, 0.4) is 0 Å². The Labute approximate surface area is 285 Å². The molecule has 3 aliphatic rings. The summed E-state index contributed by atoms with van der Waals surface area (Å²) in [5.41, 5.74) is 0.662. The number of piperidine rings is 1. The second-order valence-electron chi connectivity index (χ2n) is 15.2. The minimum atomic E-state index is -0.784. The number of likely N-dealkylation sites (tertiary alicyclic amines) is 2. The number of rotatable bonds is 10. The van der Waals surface area contributed by atoms with Crippen LogP contribution in [0.4, 0.5) is 11.5 Å². The van der Waals surface area contributed by atoms with Gasteiger partial charge in [0.2, 0.25) is 17.7 Å². The zero-order valence-corrected chi connectivity index (χ0v) is 29.9. The molecule has 264 valence electrons. The lowest BCUT2D eigenvalue weighted by molar-refractivity contribution is -0.143. The van der Waals surface area contributed by atoms with Gasteiger partial charge in [-0.1, -0.05) is 27.7 Å². The number of ether oxygens (including phenoxy) is 1. The number of likely N-dealkylation sites (N-methyl/N-ethyl adjacent to an activating group) is 1. The lowest BCUT2D eigenvalue weighted by Crippen LogP contribution is -2.59. The minimum absolute atomic E-state index is 0.258. The number of nitrogens with zero attached hydrogens (tertiary/aromatic N) is 4. The first kappa shape index (κ1) is 35.8. The number of fused-ring (bicyclic) bond motifs is 1. The predicted molar refractivity (Wildman–Crippen MR) is 189 cm³/mol. The Morgan fingerprint density at radius 1 is 0.979 bits per heavy atom. The maximum absolute atomic E-state index is 13.9. The van der Waals surface area contributed by atoms with Crippen molar-refractivity contribution in [2.45, 2.75) is 116 Å². The second-order valence-corrected chi connectivity index (χ2v) is 15.2. The Hall–Kier alpha value is -3.51. The molecule has 12 heteroatoms. The number of hydrogen-bond donors (Lipinski definition) is 4. The largest absolute Gasteiger partial charge is 0.494 e. The van der Waals surface area contributed by atoms with Gasteiger partial charge >= 0.3 is 0 Å². The lowest BCUT2D eigenvalue weighted by atomic mass is 9.85. The Bertz CT molecular complexity index is 1450. The maximum atomic E-state index is 13.9. The highest BCUT2D eigenvalue weighted by Crippen LogP contribution is 2.35. The van der Waals surface area contributed by atoms with Crippen molar-refractivity contribution in [1.29, 1.82) is 0 Å². The number of aromatic nitrogens is 2. The molecule has 0 spiro atoms. The molecule has 5 rings (SSSR count). The van der Waals surface area contributed by atoms with E-state index in [9.17, 15) is 14.4 Å². The van der Waals surface area contributed by atoms with E-state index in [1.807, 2.05) is 32.9 Å². The van der Waals surface area contributed by atoms with E-state index in [0.717, 1.165) is 35.5 Å². The third kappa shape index (κ3) is 8.19. The average Bonchev–Trinajstić information content (AvgIpc) is 3.57. The normalized spacial score (nSPS) is 23.8. The molecule has 3 heterocycles. The first-order chi connectivity index (χ1) is 22.9. The summed E-state index contributed by atoms with van der Waals surface area (Å²) < 4.78 is 5.68. The first-order valence-electron chi connectivity index (χ1n) is 17.8. The molecule has 48 heavy (non-hydrogen) atoms. The first-order valence-corrected chi connectivity index (χ1v) is 17.8. The van der Waals surface area contributed by atoms with Crippen LogP contribution < -0.4 is 26.0 Å². The molecule has 4 N–H and O–H groups in total. The monoisotopic (exact) mass is 664 g/mol. The van der Waals surface area contributed by atoms with Crippen molar-refractivity contribution in [3.8, 4) is 5.75 Å². The van der Waals surface area contributed by atoms with Crippen LogP contribution in [0.2, 0.25) is 0 Å². The van der Waals surface area contributed by atoms with E-state index in [1.165, 1.54) is 38.8 Å². The number of nitrogens with one attached hydrogen (secondary N) is 4. The molecule has 1 aromatic carbocycles. The van der Waals surface area contributed by atoms with Gasteiger partial charge in [-0.15, -0.1) is 0 Å². The van der Waals surface area contributed by atoms with Gasteiger partial charge in [0, 0.05) is 30.1 Å². The zero-order valence-electron chi connectivity index (χ0n) is 29.9. The summed E-state index contributed by atoms with van der Waals surface area (Å²) in [7, 11) is 3.26. The van der Waals surface area contributed by atoms with Gasteiger partial charge in [-0.05, 0) is 95.8 Å². The number of anilines is 2. The van der Waals surface area contributed by atoms with Gasteiger partial charge in [-0.3, -0.25) is 14.4 Å². The highest BCUT2D eigenvalue weighted by Gasteiger charge is 2.42. The summed E-state index contributed by atoms with van der Waals surface area (Å²) in [6.45, 7) is 12.7. The molecule has 2 aromatic rings. The SMILES string of the molecule is CNC(C)C(=O)NC(C(=O)N1CCCC1C(=O)Nc1cc2c(NC3CCC(N4CCC(C)CC4)CC3)ncnc2cc1OC)C(C)(C)C. The molecule has 3 atom stereocenters. The molecule has 3 fully saturated rings. The van der Waals surface area contributed by atoms with E-state index < -0.39 is 23.5 Å². The Morgan fingerprint density at radius 2 is 1.69 bits per heavy atom. The molecule has 2 aliphatic heterocycles. The lowest BCUT2D eigenvalue weighted by Gasteiger charge is -2.40. The third-order valence-corrected chi connectivity index (χ3v) is 10.7. The topological polar surface area (TPSA) is 141 Å². The van der Waals surface area contributed by atoms with Gasteiger partial charge in [0.25, 0.3) is 0 Å². The van der Waals surface area contributed by atoms with E-state index in [2.05, 4.69) is 43.1 Å². The van der Waals surface area contributed by atoms with Crippen molar-refractivity contribution >= 4 is 40.1 Å². The van der Waals surface area contributed by atoms with E-state index in [1.54, 1.807) is 32.3 Å². The van der Waals surface area contributed by atoms with E-state index in [4.69, 9.17) is 4.74 Å². The summed E-state index contributed by atoms with van der Waals surface area (Å²) in [5.74, 6) is 1.25. The molecule has 1 aliphatic carbocycles. The summed E-state index contributed by atoms with van der Waals surface area (Å²) >= 11 is 0. The van der Waals surface area contributed by atoms with Gasteiger partial charge in [0.1, 0.15) is 30.0 Å². The third-order valence-electron chi connectivity index (χ3n) is 10.7. The maximum Gasteiger partial charge on any atom is 0.247 e. The summed E-state index contributed by atoms with van der Waals surface area (Å²) in [6.07, 6.45) is 9.90.